The zero-order valence-corrected chi connectivity index (χ0v) is 12.1. The van der Waals surface area contributed by atoms with Crippen LogP contribution in [0, 0.1) is 5.82 Å². The second-order valence-corrected chi connectivity index (χ2v) is 5.35. The number of benzene rings is 1. The molecule has 1 aromatic carbocycles. The van der Waals surface area contributed by atoms with Crippen molar-refractivity contribution in [1.82, 2.24) is 4.98 Å². The molecule has 112 valence electrons. The lowest BCUT2D eigenvalue weighted by atomic mass is 9.99. The summed E-state index contributed by atoms with van der Waals surface area (Å²) in [6.07, 6.45) is -3.23. The molecular weight excluding hydrogens is 354 g/mol. The van der Waals surface area contributed by atoms with E-state index < -0.39 is 23.7 Å². The van der Waals surface area contributed by atoms with E-state index in [4.69, 9.17) is 0 Å². The third-order valence-corrected chi connectivity index (χ3v) is 3.32. The Balaban J connectivity index is 2.30. The molecule has 0 saturated heterocycles. The molecule has 2 aromatic rings. The number of aliphatic hydroxyl groups excluding tert-OH is 1. The van der Waals surface area contributed by atoms with E-state index in [1.54, 1.807) is 6.07 Å². The summed E-state index contributed by atoms with van der Waals surface area (Å²) >= 11 is 3.19. The minimum Gasteiger partial charge on any atom is -0.388 e. The molecule has 0 amide bonds. The Labute approximate surface area is 126 Å². The summed E-state index contributed by atoms with van der Waals surface area (Å²) in [6.45, 7) is 0. The van der Waals surface area contributed by atoms with Crippen LogP contribution < -0.4 is 0 Å². The maximum absolute atomic E-state index is 13.9. The number of hydrogen-bond donors (Lipinski definition) is 1. The standard InChI is InChI=1S/C14H10BrF4NO/c15-9-4-8(6-20-7-9)5-12(21)10-2-1-3-11(13(10)16)14(17,18)19/h1-4,6-7,12,21H,5H2. The summed E-state index contributed by atoms with van der Waals surface area (Å²) in [7, 11) is 0. The summed E-state index contributed by atoms with van der Waals surface area (Å²) in [5.74, 6) is -1.44. The summed E-state index contributed by atoms with van der Waals surface area (Å²) in [6, 6.07) is 4.51. The van der Waals surface area contributed by atoms with Crippen LogP contribution in [0.5, 0.6) is 0 Å². The Bertz CT molecular complexity index is 645. The van der Waals surface area contributed by atoms with Gasteiger partial charge in [0.1, 0.15) is 5.82 Å². The minimum absolute atomic E-state index is 0.0370. The van der Waals surface area contributed by atoms with Crippen LogP contribution >= 0.6 is 15.9 Å². The van der Waals surface area contributed by atoms with Crippen LogP contribution in [0.2, 0.25) is 0 Å². The second kappa shape index (κ2) is 6.11. The van der Waals surface area contributed by atoms with Crippen LogP contribution in [0.3, 0.4) is 0 Å². The SMILES string of the molecule is OC(Cc1cncc(Br)c1)c1cccc(C(F)(F)F)c1F. The first-order chi connectivity index (χ1) is 9.79. The maximum Gasteiger partial charge on any atom is 0.419 e. The van der Waals surface area contributed by atoms with E-state index in [1.807, 2.05) is 0 Å². The van der Waals surface area contributed by atoms with Gasteiger partial charge in [-0.15, -0.1) is 0 Å². The fourth-order valence-electron chi connectivity index (χ4n) is 1.93. The predicted molar refractivity (Wildman–Crippen MR) is 72.0 cm³/mol. The lowest BCUT2D eigenvalue weighted by molar-refractivity contribution is -0.140. The summed E-state index contributed by atoms with van der Waals surface area (Å²) in [5, 5.41) is 9.99. The Morgan fingerprint density at radius 3 is 2.57 bits per heavy atom. The average Bonchev–Trinajstić information content (AvgIpc) is 2.37. The first-order valence-corrected chi connectivity index (χ1v) is 6.71. The molecule has 0 bridgehead atoms. The van der Waals surface area contributed by atoms with Crippen molar-refractivity contribution in [3.8, 4) is 0 Å². The number of hydrogen-bond acceptors (Lipinski definition) is 2. The number of pyridine rings is 1. The van der Waals surface area contributed by atoms with Gasteiger partial charge in [-0.3, -0.25) is 4.98 Å². The molecule has 1 N–H and O–H groups in total. The molecule has 0 radical (unpaired) electrons. The third kappa shape index (κ3) is 3.79. The molecule has 0 aliphatic heterocycles. The van der Waals surface area contributed by atoms with E-state index in [0.29, 0.717) is 16.1 Å². The second-order valence-electron chi connectivity index (χ2n) is 4.44. The van der Waals surface area contributed by atoms with Crippen molar-refractivity contribution in [2.75, 3.05) is 0 Å². The zero-order chi connectivity index (χ0) is 15.6. The molecule has 1 aromatic heterocycles. The van der Waals surface area contributed by atoms with Crippen molar-refractivity contribution >= 4 is 15.9 Å². The van der Waals surface area contributed by atoms with Gasteiger partial charge >= 0.3 is 6.18 Å². The average molecular weight is 364 g/mol. The molecule has 21 heavy (non-hydrogen) atoms. The van der Waals surface area contributed by atoms with Crippen molar-refractivity contribution in [2.24, 2.45) is 0 Å². The highest BCUT2D eigenvalue weighted by molar-refractivity contribution is 9.10. The van der Waals surface area contributed by atoms with Crippen molar-refractivity contribution in [3.05, 3.63) is 63.6 Å². The van der Waals surface area contributed by atoms with Crippen LogP contribution in [-0.2, 0) is 12.6 Å². The van der Waals surface area contributed by atoms with Gasteiger partial charge in [0.25, 0.3) is 0 Å². The first kappa shape index (κ1) is 15.9. The van der Waals surface area contributed by atoms with Gasteiger partial charge in [0.15, 0.2) is 0 Å². The Morgan fingerprint density at radius 1 is 1.24 bits per heavy atom. The predicted octanol–water partition coefficient (Wildman–Crippen LogP) is 4.28. The van der Waals surface area contributed by atoms with E-state index in [0.717, 1.165) is 12.1 Å². The largest absolute Gasteiger partial charge is 0.419 e. The lowest BCUT2D eigenvalue weighted by Crippen LogP contribution is -2.12. The van der Waals surface area contributed by atoms with Gasteiger partial charge in [-0.2, -0.15) is 13.2 Å². The first-order valence-electron chi connectivity index (χ1n) is 5.92. The normalized spacial score (nSPS) is 13.2. The van der Waals surface area contributed by atoms with Crippen LogP contribution in [0.25, 0.3) is 0 Å². The number of aromatic nitrogens is 1. The Morgan fingerprint density at radius 2 is 1.95 bits per heavy atom. The number of halogens is 5. The Kier molecular flexibility index (Phi) is 4.63. The highest BCUT2D eigenvalue weighted by atomic mass is 79.9. The summed E-state index contributed by atoms with van der Waals surface area (Å²) in [5.41, 5.74) is -1.19. The van der Waals surface area contributed by atoms with E-state index in [9.17, 15) is 22.7 Å². The van der Waals surface area contributed by atoms with Gasteiger partial charge < -0.3 is 5.11 Å². The van der Waals surface area contributed by atoms with Gasteiger partial charge in [-0.1, -0.05) is 12.1 Å². The van der Waals surface area contributed by atoms with Crippen LogP contribution in [0.1, 0.15) is 22.8 Å². The highest BCUT2D eigenvalue weighted by Crippen LogP contribution is 2.34. The molecular formula is C14H10BrF4NO. The summed E-state index contributed by atoms with van der Waals surface area (Å²) < 4.78 is 52.5. The lowest BCUT2D eigenvalue weighted by Gasteiger charge is -2.15. The van der Waals surface area contributed by atoms with E-state index in [1.165, 1.54) is 12.4 Å². The molecule has 1 unspecified atom stereocenters. The smallest absolute Gasteiger partial charge is 0.388 e. The molecule has 7 heteroatoms. The quantitative estimate of drug-likeness (QED) is 0.825. The molecule has 1 heterocycles. The Hall–Kier alpha value is -1.47. The fourth-order valence-corrected chi connectivity index (χ4v) is 2.34. The molecule has 0 aliphatic carbocycles. The van der Waals surface area contributed by atoms with Crippen LogP contribution in [0.15, 0.2) is 41.1 Å². The third-order valence-electron chi connectivity index (χ3n) is 2.88. The number of aliphatic hydroxyl groups is 1. The van der Waals surface area contributed by atoms with Gasteiger partial charge in [0.05, 0.1) is 11.7 Å². The van der Waals surface area contributed by atoms with Crippen LogP contribution in [-0.4, -0.2) is 10.1 Å². The summed E-state index contributed by atoms with van der Waals surface area (Å²) in [4.78, 5) is 3.88. The van der Waals surface area contributed by atoms with Crippen molar-refractivity contribution in [3.63, 3.8) is 0 Å². The molecule has 0 spiro atoms. The number of nitrogens with zero attached hydrogens (tertiary/aromatic N) is 1. The van der Waals surface area contributed by atoms with E-state index in [-0.39, 0.29) is 12.0 Å². The molecule has 1 atom stereocenters. The number of alkyl halides is 3. The van der Waals surface area contributed by atoms with Gasteiger partial charge in [-0.05, 0) is 33.6 Å². The van der Waals surface area contributed by atoms with Gasteiger partial charge in [0.2, 0.25) is 0 Å². The van der Waals surface area contributed by atoms with Gasteiger partial charge in [0, 0.05) is 28.9 Å². The maximum atomic E-state index is 13.9. The van der Waals surface area contributed by atoms with Crippen LogP contribution in [0.4, 0.5) is 17.6 Å². The molecule has 2 rings (SSSR count). The molecule has 0 saturated carbocycles. The fraction of sp³-hybridized carbons (Fsp3) is 0.214. The molecule has 0 aliphatic rings. The zero-order valence-electron chi connectivity index (χ0n) is 10.5. The van der Waals surface area contributed by atoms with Crippen molar-refractivity contribution < 1.29 is 22.7 Å². The monoisotopic (exact) mass is 363 g/mol. The highest BCUT2D eigenvalue weighted by Gasteiger charge is 2.35. The van der Waals surface area contributed by atoms with Crippen molar-refractivity contribution in [2.45, 2.75) is 18.7 Å². The van der Waals surface area contributed by atoms with Gasteiger partial charge in [-0.25, -0.2) is 4.39 Å². The van der Waals surface area contributed by atoms with E-state index in [2.05, 4.69) is 20.9 Å². The molecule has 0 fully saturated rings. The van der Waals surface area contributed by atoms with E-state index >= 15 is 0 Å². The molecule has 2 nitrogen and oxygen atoms in total. The minimum atomic E-state index is -4.79. The van der Waals surface area contributed by atoms with Crippen molar-refractivity contribution in [1.29, 1.82) is 0 Å². The number of rotatable bonds is 3. The topological polar surface area (TPSA) is 33.1 Å².